The number of hydrogen-bond donors (Lipinski definition) is 1. The minimum atomic E-state index is -3.86. The Morgan fingerprint density at radius 2 is 1.82 bits per heavy atom. The molecular formula is C20H25NO6S. The Morgan fingerprint density at radius 1 is 1.14 bits per heavy atom. The van der Waals surface area contributed by atoms with Crippen LogP contribution >= 0.6 is 0 Å². The Hall–Kier alpha value is -2.58. The molecular weight excluding hydrogens is 382 g/mol. The Kier molecular flexibility index (Phi) is 7.42. The molecule has 0 aromatic heterocycles. The van der Waals surface area contributed by atoms with Crippen molar-refractivity contribution >= 4 is 21.7 Å². The fourth-order valence-electron chi connectivity index (χ4n) is 2.52. The molecule has 7 nitrogen and oxygen atoms in total. The van der Waals surface area contributed by atoms with E-state index >= 15 is 0 Å². The van der Waals surface area contributed by atoms with E-state index < -0.39 is 16.0 Å². The number of esters is 1. The number of aliphatic hydroxyl groups excluding tert-OH is 1. The quantitative estimate of drug-likeness (QED) is 0.507. The molecule has 8 heteroatoms. The average molecular weight is 407 g/mol. The van der Waals surface area contributed by atoms with Gasteiger partial charge >= 0.3 is 5.97 Å². The van der Waals surface area contributed by atoms with Gasteiger partial charge in [-0.25, -0.2) is 13.2 Å². The summed E-state index contributed by atoms with van der Waals surface area (Å²) in [6.07, 6.45) is 1.93. The second kappa shape index (κ2) is 9.57. The third-order valence-corrected chi connectivity index (χ3v) is 5.99. The van der Waals surface area contributed by atoms with Crippen LogP contribution in [-0.4, -0.2) is 40.3 Å². The van der Waals surface area contributed by atoms with Crippen molar-refractivity contribution in [3.8, 4) is 5.75 Å². The summed E-state index contributed by atoms with van der Waals surface area (Å²) in [5, 5.41) is 9.43. The van der Waals surface area contributed by atoms with Crippen molar-refractivity contribution in [1.29, 1.82) is 0 Å². The van der Waals surface area contributed by atoms with Crippen molar-refractivity contribution in [2.24, 2.45) is 0 Å². The number of benzene rings is 2. The van der Waals surface area contributed by atoms with Gasteiger partial charge in [0.15, 0.2) is 0 Å². The maximum Gasteiger partial charge on any atom is 0.337 e. The van der Waals surface area contributed by atoms with E-state index in [-0.39, 0.29) is 22.8 Å². The zero-order valence-electron chi connectivity index (χ0n) is 16.2. The number of ether oxygens (including phenoxy) is 2. The molecule has 0 spiro atoms. The highest BCUT2D eigenvalue weighted by Crippen LogP contribution is 2.26. The Labute approximate surface area is 165 Å². The van der Waals surface area contributed by atoms with Gasteiger partial charge in [-0.3, -0.25) is 4.31 Å². The number of anilines is 1. The molecule has 0 fully saturated rings. The number of nitrogens with zero attached hydrogens (tertiary/aromatic N) is 1. The lowest BCUT2D eigenvalue weighted by atomic mass is 10.1. The zero-order valence-corrected chi connectivity index (χ0v) is 17.0. The minimum Gasteiger partial charge on any atom is -0.494 e. The first-order chi connectivity index (χ1) is 13.3. The summed E-state index contributed by atoms with van der Waals surface area (Å²) in [7, 11) is -1.24. The number of rotatable bonds is 9. The van der Waals surface area contributed by atoms with Crippen LogP contribution in [-0.2, 0) is 21.4 Å². The fraction of sp³-hybridized carbons (Fsp3) is 0.350. The van der Waals surface area contributed by atoms with Gasteiger partial charge in [0.25, 0.3) is 10.0 Å². The highest BCUT2D eigenvalue weighted by molar-refractivity contribution is 7.92. The predicted molar refractivity (Wildman–Crippen MR) is 106 cm³/mol. The molecule has 0 aliphatic rings. The van der Waals surface area contributed by atoms with Crippen LogP contribution in [0, 0.1) is 0 Å². The lowest BCUT2D eigenvalue weighted by molar-refractivity contribution is 0.0600. The van der Waals surface area contributed by atoms with E-state index in [2.05, 4.69) is 6.92 Å². The molecule has 0 saturated carbocycles. The average Bonchev–Trinajstić information content (AvgIpc) is 2.72. The lowest BCUT2D eigenvalue weighted by Crippen LogP contribution is -2.27. The molecule has 0 radical (unpaired) electrons. The Balaban J connectivity index is 2.31. The van der Waals surface area contributed by atoms with Gasteiger partial charge in [0.1, 0.15) is 5.75 Å². The molecule has 0 atom stereocenters. The standard InChI is InChI=1S/C20H25NO6S/c1-4-5-10-27-18-6-8-19(9-7-18)28(24,25)21(2)17-12-15(14-22)11-16(13-17)20(23)26-3/h6-9,11-13,22H,4-5,10,14H2,1-3H3. The lowest BCUT2D eigenvalue weighted by Gasteiger charge is -2.21. The highest BCUT2D eigenvalue weighted by Gasteiger charge is 2.23. The normalized spacial score (nSPS) is 11.1. The summed E-state index contributed by atoms with van der Waals surface area (Å²) in [5.41, 5.74) is 0.806. The Morgan fingerprint density at radius 3 is 2.39 bits per heavy atom. The molecule has 0 unspecified atom stereocenters. The molecule has 0 heterocycles. The van der Waals surface area contributed by atoms with Crippen LogP contribution in [0.4, 0.5) is 5.69 Å². The van der Waals surface area contributed by atoms with Crippen molar-refractivity contribution in [2.75, 3.05) is 25.1 Å². The van der Waals surface area contributed by atoms with Crippen molar-refractivity contribution in [1.82, 2.24) is 0 Å². The van der Waals surface area contributed by atoms with Crippen molar-refractivity contribution < 1.29 is 27.8 Å². The summed E-state index contributed by atoms with van der Waals surface area (Å²) < 4.78 is 37.2. The summed E-state index contributed by atoms with van der Waals surface area (Å²) in [4.78, 5) is 11.9. The number of methoxy groups -OCH3 is 1. The SMILES string of the molecule is CCCCOc1ccc(S(=O)(=O)N(C)c2cc(CO)cc(C(=O)OC)c2)cc1. The first-order valence-electron chi connectivity index (χ1n) is 8.88. The van der Waals surface area contributed by atoms with Crippen LogP contribution in [0.1, 0.15) is 35.7 Å². The van der Waals surface area contributed by atoms with Crippen LogP contribution in [0.5, 0.6) is 5.75 Å². The van der Waals surface area contributed by atoms with Gasteiger partial charge in [0.2, 0.25) is 0 Å². The summed E-state index contributed by atoms with van der Waals surface area (Å²) in [6.45, 7) is 2.30. The molecule has 0 amide bonds. The number of unbranched alkanes of at least 4 members (excludes halogenated alkanes) is 1. The maximum absolute atomic E-state index is 13.0. The van der Waals surface area contributed by atoms with Crippen LogP contribution < -0.4 is 9.04 Å². The number of carbonyl (C=O) groups excluding carboxylic acids is 1. The van der Waals surface area contributed by atoms with Crippen LogP contribution in [0.15, 0.2) is 47.4 Å². The topological polar surface area (TPSA) is 93.1 Å². The molecule has 0 saturated heterocycles. The zero-order chi connectivity index (χ0) is 20.7. The predicted octanol–water partition coefficient (Wildman–Crippen LogP) is 2.97. The van der Waals surface area contributed by atoms with Gasteiger partial charge < -0.3 is 14.6 Å². The van der Waals surface area contributed by atoms with Gasteiger partial charge in [0, 0.05) is 7.05 Å². The van der Waals surface area contributed by atoms with Gasteiger partial charge in [-0.05, 0) is 54.4 Å². The van der Waals surface area contributed by atoms with Crippen LogP contribution in [0.25, 0.3) is 0 Å². The molecule has 2 aromatic carbocycles. The molecule has 1 N–H and O–H groups in total. The maximum atomic E-state index is 13.0. The number of aliphatic hydroxyl groups is 1. The van der Waals surface area contributed by atoms with E-state index in [9.17, 15) is 18.3 Å². The van der Waals surface area contributed by atoms with E-state index in [1.165, 1.54) is 44.5 Å². The summed E-state index contributed by atoms with van der Waals surface area (Å²) in [5.74, 6) is -0.0127. The van der Waals surface area contributed by atoms with Crippen LogP contribution in [0.3, 0.4) is 0 Å². The number of carbonyl (C=O) groups is 1. The van der Waals surface area contributed by atoms with Crippen molar-refractivity contribution in [2.45, 2.75) is 31.3 Å². The largest absolute Gasteiger partial charge is 0.494 e. The van der Waals surface area contributed by atoms with Gasteiger partial charge in [-0.15, -0.1) is 0 Å². The second-order valence-electron chi connectivity index (χ2n) is 6.18. The molecule has 0 bridgehead atoms. The van der Waals surface area contributed by atoms with Crippen molar-refractivity contribution in [3.63, 3.8) is 0 Å². The fourth-order valence-corrected chi connectivity index (χ4v) is 3.70. The summed E-state index contributed by atoms with van der Waals surface area (Å²) >= 11 is 0. The molecule has 28 heavy (non-hydrogen) atoms. The smallest absolute Gasteiger partial charge is 0.337 e. The van der Waals surface area contributed by atoms with E-state index in [0.29, 0.717) is 17.9 Å². The van der Waals surface area contributed by atoms with Gasteiger partial charge in [-0.1, -0.05) is 13.3 Å². The van der Waals surface area contributed by atoms with Gasteiger partial charge in [0.05, 0.1) is 36.5 Å². The molecule has 0 aliphatic carbocycles. The monoisotopic (exact) mass is 407 g/mol. The first kappa shape index (κ1) is 21.7. The summed E-state index contributed by atoms with van der Waals surface area (Å²) in [6, 6.07) is 10.5. The van der Waals surface area contributed by atoms with E-state index in [4.69, 9.17) is 9.47 Å². The number of hydrogen-bond acceptors (Lipinski definition) is 6. The molecule has 152 valence electrons. The third kappa shape index (κ3) is 5.02. The van der Waals surface area contributed by atoms with E-state index in [0.717, 1.165) is 17.1 Å². The first-order valence-corrected chi connectivity index (χ1v) is 10.3. The molecule has 2 aromatic rings. The van der Waals surface area contributed by atoms with E-state index in [1.807, 2.05) is 0 Å². The van der Waals surface area contributed by atoms with E-state index in [1.54, 1.807) is 12.1 Å². The van der Waals surface area contributed by atoms with Crippen LogP contribution in [0.2, 0.25) is 0 Å². The minimum absolute atomic E-state index is 0.0897. The van der Waals surface area contributed by atoms with Crippen molar-refractivity contribution in [3.05, 3.63) is 53.6 Å². The third-order valence-electron chi connectivity index (χ3n) is 4.19. The highest BCUT2D eigenvalue weighted by atomic mass is 32.2. The Bertz CT molecular complexity index is 909. The van der Waals surface area contributed by atoms with Gasteiger partial charge in [-0.2, -0.15) is 0 Å². The second-order valence-corrected chi connectivity index (χ2v) is 8.15. The molecule has 2 rings (SSSR count). The number of sulfonamides is 1. The molecule has 0 aliphatic heterocycles.